The van der Waals surface area contributed by atoms with Crippen LogP contribution in [-0.2, 0) is 0 Å². The van der Waals surface area contributed by atoms with Crippen molar-refractivity contribution >= 4 is 17.3 Å². The van der Waals surface area contributed by atoms with Crippen LogP contribution in [0.1, 0.15) is 0 Å². The Morgan fingerprint density at radius 3 is 2.53 bits per heavy atom. The Balaban J connectivity index is 3.19. The third-order valence-corrected chi connectivity index (χ3v) is 1.44. The molecule has 4 nitrogen and oxygen atoms in total. The highest BCUT2D eigenvalue weighted by molar-refractivity contribution is 6.20. The number of hydrogen-bond acceptors (Lipinski definition) is 3. The van der Waals surface area contributed by atoms with E-state index in [-0.39, 0.29) is 0 Å². The van der Waals surface area contributed by atoms with Crippen molar-refractivity contribution in [3.63, 3.8) is 0 Å². The minimum absolute atomic E-state index is 0.741. The summed E-state index contributed by atoms with van der Waals surface area (Å²) in [5.41, 5.74) is -5.12. The quantitative estimate of drug-likeness (QED) is 0.464. The van der Waals surface area contributed by atoms with Crippen LogP contribution in [0.25, 0.3) is 0 Å². The van der Waals surface area contributed by atoms with Crippen molar-refractivity contribution in [1.82, 2.24) is 0 Å². The lowest BCUT2D eigenvalue weighted by Crippen LogP contribution is -2.17. The molecule has 0 heterocycles. The van der Waals surface area contributed by atoms with Crippen LogP contribution in [0.4, 0.5) is 18.9 Å². The molecule has 82 valence electrons. The van der Waals surface area contributed by atoms with E-state index in [2.05, 4.69) is 16.3 Å². The summed E-state index contributed by atoms with van der Waals surface area (Å²) < 4.78 is 40.9. The van der Waals surface area contributed by atoms with Gasteiger partial charge in [0.25, 0.3) is 0 Å². The summed E-state index contributed by atoms with van der Waals surface area (Å²) in [5, 5.41) is 10.3. The van der Waals surface area contributed by atoms with E-state index < -0.39 is 27.7 Å². The van der Waals surface area contributed by atoms with Gasteiger partial charge in [0.2, 0.25) is 5.75 Å². The molecule has 0 atom stereocenters. The van der Waals surface area contributed by atoms with Gasteiger partial charge in [-0.3, -0.25) is 10.1 Å². The first kappa shape index (κ1) is 11.6. The average molecular weight is 242 g/mol. The molecule has 0 spiro atoms. The van der Waals surface area contributed by atoms with E-state index in [9.17, 15) is 23.3 Å². The highest BCUT2D eigenvalue weighted by Crippen LogP contribution is 2.34. The lowest BCUT2D eigenvalue weighted by atomic mass is 10.3. The fourth-order valence-corrected chi connectivity index (χ4v) is 0.935. The van der Waals surface area contributed by atoms with E-state index in [1.54, 1.807) is 0 Å². The third kappa shape index (κ3) is 2.98. The van der Waals surface area contributed by atoms with E-state index in [1.165, 1.54) is 0 Å². The highest BCUT2D eigenvalue weighted by Gasteiger charge is 2.33. The zero-order chi connectivity index (χ0) is 11.6. The summed E-state index contributed by atoms with van der Waals surface area (Å²) in [6, 6.07) is 2.55. The normalized spacial score (nSPS) is 11.2. The van der Waals surface area contributed by atoms with Gasteiger partial charge >= 0.3 is 11.3 Å². The van der Waals surface area contributed by atoms with E-state index in [0.717, 1.165) is 18.2 Å². The Bertz CT molecular complexity index is 394. The van der Waals surface area contributed by atoms with Crippen molar-refractivity contribution in [2.24, 2.45) is 0 Å². The molecule has 0 aromatic heterocycles. The Kier molecular flexibility index (Phi) is 3.04. The number of nitro groups is 1. The average Bonchev–Trinajstić information content (AvgIpc) is 2.05. The number of ether oxygens (including phenoxy) is 1. The molecular weight excluding hydrogens is 239 g/mol. The molecule has 1 aromatic rings. The lowest BCUT2D eigenvalue weighted by molar-refractivity contribution is -0.386. The van der Waals surface area contributed by atoms with Gasteiger partial charge in [0.1, 0.15) is 0 Å². The lowest BCUT2D eigenvalue weighted by Gasteiger charge is -2.10. The minimum Gasteiger partial charge on any atom is -0.409 e. The number of halogens is 4. The first-order valence-electron chi connectivity index (χ1n) is 3.50. The summed E-state index contributed by atoms with van der Waals surface area (Å²) >= 11 is 4.37. The van der Waals surface area contributed by atoms with Crippen molar-refractivity contribution in [2.45, 2.75) is 5.57 Å². The molecule has 1 aromatic carbocycles. The van der Waals surface area contributed by atoms with Crippen LogP contribution in [0, 0.1) is 15.9 Å². The second kappa shape index (κ2) is 3.93. The number of nitro benzene ring substituents is 1. The fraction of sp³-hybridized carbons (Fsp3) is 0.143. The van der Waals surface area contributed by atoms with Crippen LogP contribution in [0.15, 0.2) is 18.2 Å². The summed E-state index contributed by atoms with van der Waals surface area (Å²) in [7, 11) is 0. The Morgan fingerprint density at radius 1 is 1.47 bits per heavy atom. The molecule has 0 aliphatic rings. The monoisotopic (exact) mass is 241 g/mol. The molecule has 8 heteroatoms. The molecule has 0 bridgehead atoms. The van der Waals surface area contributed by atoms with Gasteiger partial charge in [0, 0.05) is 17.7 Å². The summed E-state index contributed by atoms with van der Waals surface area (Å²) in [6.45, 7) is 0. The summed E-state index contributed by atoms with van der Waals surface area (Å²) in [4.78, 5) is 9.28. The van der Waals surface area contributed by atoms with E-state index >= 15 is 0 Å². The maximum Gasteiger partial charge on any atom is 0.487 e. The minimum atomic E-state index is -4.20. The number of nitrogens with zero attached hydrogens (tertiary/aromatic N) is 1. The van der Waals surface area contributed by atoms with Crippen molar-refractivity contribution < 1.29 is 22.8 Å². The molecule has 0 radical (unpaired) electrons. The largest absolute Gasteiger partial charge is 0.487 e. The topological polar surface area (TPSA) is 52.4 Å². The Labute approximate surface area is 86.4 Å². The van der Waals surface area contributed by atoms with Gasteiger partial charge in [0.15, 0.2) is 5.82 Å². The standard InChI is InChI=1S/C7H3ClF3NO3/c8-7(10,11)15-6-4(9)2-1-3-5(6)12(13)14/h1-3H. The molecule has 0 amide bonds. The predicted octanol–water partition coefficient (Wildman–Crippen LogP) is 2.90. The van der Waals surface area contributed by atoms with Crippen LogP contribution in [0.5, 0.6) is 5.75 Å². The first-order chi connectivity index (χ1) is 6.81. The molecule has 0 fully saturated rings. The molecular formula is C7H3ClF3NO3. The predicted molar refractivity (Wildman–Crippen MR) is 44.5 cm³/mol. The molecule has 0 saturated heterocycles. The zero-order valence-corrected chi connectivity index (χ0v) is 7.67. The van der Waals surface area contributed by atoms with Gasteiger partial charge in [-0.25, -0.2) is 4.39 Å². The smallest absolute Gasteiger partial charge is 0.409 e. The van der Waals surface area contributed by atoms with E-state index in [4.69, 9.17) is 0 Å². The number of hydrogen-bond donors (Lipinski definition) is 0. The maximum atomic E-state index is 12.9. The molecule has 0 saturated carbocycles. The van der Waals surface area contributed by atoms with Gasteiger partial charge in [-0.15, -0.1) is 8.78 Å². The Hall–Kier alpha value is -1.50. The van der Waals surface area contributed by atoms with Crippen LogP contribution in [0.2, 0.25) is 0 Å². The number of alkyl halides is 3. The van der Waals surface area contributed by atoms with Gasteiger partial charge in [-0.1, -0.05) is 6.07 Å². The van der Waals surface area contributed by atoms with E-state index in [1.807, 2.05) is 0 Å². The second-order valence-electron chi connectivity index (χ2n) is 2.39. The molecule has 0 aliphatic carbocycles. The van der Waals surface area contributed by atoms with Gasteiger partial charge in [0.05, 0.1) is 4.92 Å². The molecule has 0 unspecified atom stereocenters. The number of para-hydroxylation sites is 1. The fourth-order valence-electron chi connectivity index (χ4n) is 0.858. The van der Waals surface area contributed by atoms with E-state index in [0.29, 0.717) is 0 Å². The molecule has 1 rings (SSSR count). The third-order valence-electron chi connectivity index (χ3n) is 1.36. The summed E-state index contributed by atoms with van der Waals surface area (Å²) in [6.07, 6.45) is 0. The van der Waals surface area contributed by atoms with Crippen molar-refractivity contribution in [1.29, 1.82) is 0 Å². The molecule has 0 N–H and O–H groups in total. The van der Waals surface area contributed by atoms with Crippen molar-refractivity contribution in [2.75, 3.05) is 0 Å². The number of rotatable bonds is 3. The summed E-state index contributed by atoms with van der Waals surface area (Å²) in [5.74, 6) is -2.48. The maximum absolute atomic E-state index is 12.9. The van der Waals surface area contributed by atoms with Gasteiger partial charge in [-0.05, 0) is 6.07 Å². The van der Waals surface area contributed by atoms with Crippen molar-refractivity contribution in [3.8, 4) is 5.75 Å². The van der Waals surface area contributed by atoms with Crippen LogP contribution in [-0.4, -0.2) is 10.5 Å². The van der Waals surface area contributed by atoms with Gasteiger partial charge < -0.3 is 4.74 Å². The van der Waals surface area contributed by atoms with Crippen LogP contribution in [0.3, 0.4) is 0 Å². The van der Waals surface area contributed by atoms with Crippen LogP contribution >= 0.6 is 11.6 Å². The van der Waals surface area contributed by atoms with Crippen molar-refractivity contribution in [3.05, 3.63) is 34.1 Å². The SMILES string of the molecule is O=[N+]([O-])c1cccc(F)c1OC(F)(F)Cl. The van der Waals surface area contributed by atoms with Crippen LogP contribution < -0.4 is 4.74 Å². The van der Waals surface area contributed by atoms with Gasteiger partial charge in [-0.2, -0.15) is 0 Å². The Morgan fingerprint density at radius 2 is 2.07 bits per heavy atom. The second-order valence-corrected chi connectivity index (χ2v) is 2.83. The zero-order valence-electron chi connectivity index (χ0n) is 6.92. The molecule has 15 heavy (non-hydrogen) atoms. The first-order valence-corrected chi connectivity index (χ1v) is 3.87. The molecule has 0 aliphatic heterocycles. The highest BCUT2D eigenvalue weighted by atomic mass is 35.5. The number of benzene rings is 1.